The molecule has 0 saturated heterocycles. The van der Waals surface area contributed by atoms with Crippen LogP contribution in [0.4, 0.5) is 5.95 Å². The summed E-state index contributed by atoms with van der Waals surface area (Å²) in [5.74, 6) is 1.16. The van der Waals surface area contributed by atoms with E-state index in [0.717, 1.165) is 29.8 Å². The fraction of sp³-hybridized carbons (Fsp3) is 0.714. The molecular formula is C14H25N5. The van der Waals surface area contributed by atoms with Gasteiger partial charge in [-0.25, -0.2) is 4.98 Å². The first-order chi connectivity index (χ1) is 8.77. The molecule has 0 amide bonds. The fourth-order valence-corrected chi connectivity index (χ4v) is 2.24. The molecule has 2 heterocycles. The van der Waals surface area contributed by atoms with Crippen LogP contribution in [0.15, 0.2) is 0 Å². The van der Waals surface area contributed by atoms with E-state index >= 15 is 0 Å². The Balaban J connectivity index is 2.55. The minimum atomic E-state index is 0.165. The Hall–Kier alpha value is -1.52. The van der Waals surface area contributed by atoms with E-state index in [1.165, 1.54) is 0 Å². The van der Waals surface area contributed by atoms with Crippen molar-refractivity contribution in [2.24, 2.45) is 18.4 Å². The van der Waals surface area contributed by atoms with Crippen LogP contribution in [0, 0.1) is 11.3 Å². The van der Waals surface area contributed by atoms with Gasteiger partial charge in [-0.15, -0.1) is 0 Å². The Kier molecular flexibility index (Phi) is 3.32. The Morgan fingerprint density at radius 2 is 1.95 bits per heavy atom. The highest BCUT2D eigenvalue weighted by atomic mass is 15.3. The topological polar surface area (TPSA) is 61.7 Å². The first-order valence-electron chi connectivity index (χ1n) is 6.95. The molecule has 0 bridgehead atoms. The minimum Gasteiger partial charge on any atom is -0.369 e. The summed E-state index contributed by atoms with van der Waals surface area (Å²) in [7, 11) is 1.96. The van der Waals surface area contributed by atoms with Crippen LogP contribution in [0.5, 0.6) is 0 Å². The molecule has 0 aliphatic carbocycles. The van der Waals surface area contributed by atoms with E-state index in [1.807, 2.05) is 11.7 Å². The minimum absolute atomic E-state index is 0.165. The Labute approximate surface area is 114 Å². The number of nitrogens with zero attached hydrogens (tertiary/aromatic N) is 4. The third-order valence-corrected chi connectivity index (χ3v) is 4.28. The summed E-state index contributed by atoms with van der Waals surface area (Å²) in [4.78, 5) is 4.51. The lowest BCUT2D eigenvalue weighted by molar-refractivity contribution is 0.213. The van der Waals surface area contributed by atoms with E-state index in [1.54, 1.807) is 0 Å². The van der Waals surface area contributed by atoms with Gasteiger partial charge in [0, 0.05) is 13.6 Å². The van der Waals surface area contributed by atoms with E-state index in [4.69, 9.17) is 5.73 Å². The molecule has 0 aliphatic heterocycles. The number of rotatable bonds is 4. The smallest absolute Gasteiger partial charge is 0.202 e. The third kappa shape index (κ3) is 2.22. The SMILES string of the molecule is CCc1nn(C)c2c1nc(N)n2CC(C)(C)C(C)C. The summed E-state index contributed by atoms with van der Waals surface area (Å²) in [6.07, 6.45) is 0.876. The van der Waals surface area contributed by atoms with Crippen molar-refractivity contribution in [2.75, 3.05) is 5.73 Å². The van der Waals surface area contributed by atoms with Crippen LogP contribution in [-0.4, -0.2) is 19.3 Å². The predicted molar refractivity (Wildman–Crippen MR) is 78.9 cm³/mol. The number of fused-ring (bicyclic) bond motifs is 1. The van der Waals surface area contributed by atoms with E-state index in [-0.39, 0.29) is 5.41 Å². The standard InChI is InChI=1S/C14H25N5/c1-7-10-11-12(18(6)17-10)19(13(15)16-11)8-14(4,5)9(2)3/h9H,7-8H2,1-6H3,(H2,15,16). The summed E-state index contributed by atoms with van der Waals surface area (Å²) < 4.78 is 4.00. The molecule has 2 aromatic heterocycles. The predicted octanol–water partition coefficient (Wildman–Crippen LogP) is 2.60. The number of anilines is 1. The van der Waals surface area contributed by atoms with Crippen molar-refractivity contribution in [3.05, 3.63) is 5.69 Å². The van der Waals surface area contributed by atoms with Crippen LogP contribution < -0.4 is 5.73 Å². The maximum absolute atomic E-state index is 6.11. The molecule has 2 rings (SSSR count). The van der Waals surface area contributed by atoms with Gasteiger partial charge in [0.25, 0.3) is 0 Å². The van der Waals surface area contributed by atoms with E-state index in [9.17, 15) is 0 Å². The quantitative estimate of drug-likeness (QED) is 0.922. The summed E-state index contributed by atoms with van der Waals surface area (Å²) in [5, 5.41) is 4.52. The zero-order chi connectivity index (χ0) is 14.4. The molecule has 5 nitrogen and oxygen atoms in total. The maximum Gasteiger partial charge on any atom is 0.202 e. The summed E-state index contributed by atoms with van der Waals surface area (Å²) in [6.45, 7) is 12.0. The van der Waals surface area contributed by atoms with Crippen LogP contribution in [0.1, 0.15) is 40.3 Å². The molecule has 0 saturated carbocycles. The van der Waals surface area contributed by atoms with Gasteiger partial charge in [-0.05, 0) is 17.8 Å². The molecule has 0 radical (unpaired) electrons. The molecule has 0 aliphatic rings. The molecule has 0 spiro atoms. The fourth-order valence-electron chi connectivity index (χ4n) is 2.24. The molecule has 5 heteroatoms. The van der Waals surface area contributed by atoms with Crippen molar-refractivity contribution in [1.82, 2.24) is 19.3 Å². The van der Waals surface area contributed by atoms with Crippen molar-refractivity contribution in [2.45, 2.75) is 47.6 Å². The molecule has 0 fully saturated rings. The van der Waals surface area contributed by atoms with Crippen LogP contribution in [0.25, 0.3) is 11.2 Å². The summed E-state index contributed by atoms with van der Waals surface area (Å²) >= 11 is 0. The van der Waals surface area contributed by atoms with Crippen LogP contribution >= 0.6 is 0 Å². The Bertz CT molecular complexity index is 589. The van der Waals surface area contributed by atoms with Gasteiger partial charge in [0.05, 0.1) is 5.69 Å². The molecular weight excluding hydrogens is 238 g/mol. The number of aromatic nitrogens is 4. The zero-order valence-electron chi connectivity index (χ0n) is 12.9. The van der Waals surface area contributed by atoms with Crippen molar-refractivity contribution in [1.29, 1.82) is 0 Å². The van der Waals surface area contributed by atoms with Gasteiger partial charge in [-0.3, -0.25) is 9.25 Å². The molecule has 0 unspecified atom stereocenters. The van der Waals surface area contributed by atoms with Gasteiger partial charge < -0.3 is 5.73 Å². The van der Waals surface area contributed by atoms with Crippen LogP contribution in [-0.2, 0) is 20.0 Å². The molecule has 0 atom stereocenters. The highest BCUT2D eigenvalue weighted by molar-refractivity contribution is 5.77. The number of hydrogen-bond acceptors (Lipinski definition) is 3. The average Bonchev–Trinajstić information content (AvgIpc) is 2.78. The van der Waals surface area contributed by atoms with Gasteiger partial charge in [0.2, 0.25) is 5.95 Å². The first kappa shape index (κ1) is 13.9. The number of aryl methyl sites for hydroxylation is 2. The third-order valence-electron chi connectivity index (χ3n) is 4.28. The molecule has 106 valence electrons. The lowest BCUT2D eigenvalue weighted by atomic mass is 9.81. The van der Waals surface area contributed by atoms with Gasteiger partial charge in [-0.1, -0.05) is 34.6 Å². The van der Waals surface area contributed by atoms with Crippen molar-refractivity contribution < 1.29 is 0 Å². The first-order valence-corrected chi connectivity index (χ1v) is 6.95. The molecule has 0 aromatic carbocycles. The van der Waals surface area contributed by atoms with E-state index in [2.05, 4.69) is 49.3 Å². The summed E-state index contributed by atoms with van der Waals surface area (Å²) in [5.41, 5.74) is 9.27. The largest absolute Gasteiger partial charge is 0.369 e. The maximum atomic E-state index is 6.11. The number of nitrogens with two attached hydrogens (primary N) is 1. The second-order valence-electron chi connectivity index (χ2n) is 6.30. The van der Waals surface area contributed by atoms with Gasteiger partial charge in [0.1, 0.15) is 5.52 Å². The summed E-state index contributed by atoms with van der Waals surface area (Å²) in [6, 6.07) is 0. The van der Waals surface area contributed by atoms with Gasteiger partial charge in [-0.2, -0.15) is 5.10 Å². The average molecular weight is 263 g/mol. The van der Waals surface area contributed by atoms with Crippen LogP contribution in [0.2, 0.25) is 0 Å². The van der Waals surface area contributed by atoms with Crippen LogP contribution in [0.3, 0.4) is 0 Å². The lowest BCUT2D eigenvalue weighted by Gasteiger charge is -2.30. The van der Waals surface area contributed by atoms with Crippen molar-refractivity contribution in [3.63, 3.8) is 0 Å². The number of imidazole rings is 1. The highest BCUT2D eigenvalue weighted by Gasteiger charge is 2.26. The lowest BCUT2D eigenvalue weighted by Crippen LogP contribution is -2.26. The van der Waals surface area contributed by atoms with Crippen molar-refractivity contribution in [3.8, 4) is 0 Å². The monoisotopic (exact) mass is 263 g/mol. The normalized spacial score (nSPS) is 12.8. The molecule has 19 heavy (non-hydrogen) atoms. The zero-order valence-corrected chi connectivity index (χ0v) is 12.9. The number of nitrogen functional groups attached to an aromatic ring is 1. The Morgan fingerprint density at radius 1 is 1.32 bits per heavy atom. The second kappa shape index (κ2) is 4.54. The van der Waals surface area contributed by atoms with Gasteiger partial charge >= 0.3 is 0 Å². The molecule has 2 N–H and O–H groups in total. The Morgan fingerprint density at radius 3 is 2.47 bits per heavy atom. The highest BCUT2D eigenvalue weighted by Crippen LogP contribution is 2.31. The molecule has 2 aromatic rings. The van der Waals surface area contributed by atoms with E-state index < -0.39 is 0 Å². The second-order valence-corrected chi connectivity index (χ2v) is 6.30. The van der Waals surface area contributed by atoms with Crippen molar-refractivity contribution >= 4 is 17.1 Å². The van der Waals surface area contributed by atoms with E-state index in [0.29, 0.717) is 11.9 Å². The number of hydrogen-bond donors (Lipinski definition) is 1. The van der Waals surface area contributed by atoms with Gasteiger partial charge in [0.15, 0.2) is 5.65 Å².